The molecule has 1 unspecified atom stereocenters. The molecule has 2 aromatic rings. The molecule has 160 valence electrons. The van der Waals surface area contributed by atoms with Gasteiger partial charge in [-0.25, -0.2) is 0 Å². The Hall–Kier alpha value is -2.66. The average Bonchev–Trinajstić information content (AvgIpc) is 2.88. The topological polar surface area (TPSA) is 66.6 Å². The molecular formula is C25H33N3O2. The first-order chi connectivity index (χ1) is 14.5. The molecule has 2 amide bonds. The van der Waals surface area contributed by atoms with Gasteiger partial charge in [0.2, 0.25) is 11.8 Å². The second-order valence-corrected chi connectivity index (χ2v) is 8.27. The number of nitrogens with two attached hydrogens (primary N) is 1. The van der Waals surface area contributed by atoms with Gasteiger partial charge in [0, 0.05) is 39.1 Å². The summed E-state index contributed by atoms with van der Waals surface area (Å²) >= 11 is 0. The van der Waals surface area contributed by atoms with Crippen molar-refractivity contribution in [3.8, 4) is 11.1 Å². The zero-order valence-electron chi connectivity index (χ0n) is 18.1. The van der Waals surface area contributed by atoms with Crippen molar-refractivity contribution < 1.29 is 9.59 Å². The molecule has 1 aliphatic rings. The van der Waals surface area contributed by atoms with Crippen LogP contribution >= 0.6 is 0 Å². The maximum Gasteiger partial charge on any atom is 0.227 e. The first-order valence-corrected chi connectivity index (χ1v) is 10.9. The van der Waals surface area contributed by atoms with Gasteiger partial charge in [0.05, 0.1) is 5.92 Å². The second-order valence-electron chi connectivity index (χ2n) is 8.27. The summed E-state index contributed by atoms with van der Waals surface area (Å²) in [4.78, 5) is 28.8. The number of carbonyl (C=O) groups is 2. The lowest BCUT2D eigenvalue weighted by Crippen LogP contribution is -2.38. The number of hydrogen-bond acceptors (Lipinski definition) is 3. The molecule has 0 spiro atoms. The number of primary amides is 1. The van der Waals surface area contributed by atoms with Crippen LogP contribution in [0.5, 0.6) is 0 Å². The summed E-state index contributed by atoms with van der Waals surface area (Å²) in [6.07, 6.45) is 1.96. The Balaban J connectivity index is 1.85. The van der Waals surface area contributed by atoms with Gasteiger partial charge in [0.25, 0.3) is 0 Å². The molecule has 1 saturated heterocycles. The molecule has 0 radical (unpaired) electrons. The molecule has 1 heterocycles. The molecule has 1 atom stereocenters. The number of aryl methyl sites for hydroxylation is 1. The van der Waals surface area contributed by atoms with Crippen LogP contribution in [0.2, 0.25) is 0 Å². The molecule has 30 heavy (non-hydrogen) atoms. The quantitative estimate of drug-likeness (QED) is 0.730. The van der Waals surface area contributed by atoms with Crippen molar-refractivity contribution in [2.24, 2.45) is 11.7 Å². The zero-order chi connectivity index (χ0) is 21.5. The molecule has 1 aliphatic heterocycles. The van der Waals surface area contributed by atoms with Crippen molar-refractivity contribution >= 4 is 11.8 Å². The van der Waals surface area contributed by atoms with E-state index in [1.165, 1.54) is 22.3 Å². The number of carbonyl (C=O) groups excluding carboxylic acids is 2. The highest BCUT2D eigenvalue weighted by atomic mass is 16.2. The minimum atomic E-state index is -0.294. The number of nitrogens with zero attached hydrogens (tertiary/aromatic N) is 2. The summed E-state index contributed by atoms with van der Waals surface area (Å²) in [7, 11) is 0. The Kier molecular flexibility index (Phi) is 7.63. The Bertz CT molecular complexity index is 863. The fraction of sp³-hybridized carbons (Fsp3) is 0.440. The summed E-state index contributed by atoms with van der Waals surface area (Å²) in [5, 5.41) is 0. The summed E-state index contributed by atoms with van der Waals surface area (Å²) < 4.78 is 0. The van der Waals surface area contributed by atoms with E-state index in [1.807, 2.05) is 11.0 Å². The van der Waals surface area contributed by atoms with E-state index in [0.29, 0.717) is 32.5 Å². The van der Waals surface area contributed by atoms with E-state index in [2.05, 4.69) is 61.2 Å². The van der Waals surface area contributed by atoms with Gasteiger partial charge in [-0.05, 0) is 36.5 Å². The maximum absolute atomic E-state index is 13.3. The third kappa shape index (κ3) is 5.70. The highest BCUT2D eigenvalue weighted by molar-refractivity contribution is 5.80. The molecular weight excluding hydrogens is 374 g/mol. The Morgan fingerprint density at radius 1 is 1.07 bits per heavy atom. The van der Waals surface area contributed by atoms with Gasteiger partial charge >= 0.3 is 0 Å². The second kappa shape index (κ2) is 10.4. The van der Waals surface area contributed by atoms with Crippen molar-refractivity contribution in [2.75, 3.05) is 32.7 Å². The van der Waals surface area contributed by atoms with Gasteiger partial charge < -0.3 is 15.5 Å². The highest BCUT2D eigenvalue weighted by Crippen LogP contribution is 2.27. The lowest BCUT2D eigenvalue weighted by atomic mass is 9.91. The average molecular weight is 408 g/mol. The van der Waals surface area contributed by atoms with Crippen LogP contribution in [-0.4, -0.2) is 54.3 Å². The van der Waals surface area contributed by atoms with E-state index in [1.54, 1.807) is 0 Å². The van der Waals surface area contributed by atoms with Gasteiger partial charge in [-0.3, -0.25) is 9.59 Å². The number of hydrogen-bond donors (Lipinski definition) is 1. The van der Waals surface area contributed by atoms with E-state index >= 15 is 0 Å². The van der Waals surface area contributed by atoms with Gasteiger partial charge in [0.15, 0.2) is 0 Å². The lowest BCUT2D eigenvalue weighted by Gasteiger charge is -2.24. The zero-order valence-corrected chi connectivity index (χ0v) is 18.1. The Morgan fingerprint density at radius 3 is 2.50 bits per heavy atom. The molecule has 5 nitrogen and oxygen atoms in total. The van der Waals surface area contributed by atoms with Gasteiger partial charge in [-0.15, -0.1) is 0 Å². The molecule has 1 fully saturated rings. The van der Waals surface area contributed by atoms with Crippen molar-refractivity contribution in [1.29, 1.82) is 0 Å². The van der Waals surface area contributed by atoms with E-state index in [0.717, 1.165) is 19.5 Å². The van der Waals surface area contributed by atoms with Gasteiger partial charge in [0.1, 0.15) is 0 Å². The van der Waals surface area contributed by atoms with Crippen LogP contribution in [-0.2, 0) is 16.0 Å². The predicted octanol–water partition coefficient (Wildman–Crippen LogP) is 3.25. The molecule has 5 heteroatoms. The molecule has 0 saturated carbocycles. The smallest absolute Gasteiger partial charge is 0.227 e. The fourth-order valence-corrected chi connectivity index (χ4v) is 4.21. The normalized spacial score (nSPS) is 17.7. The number of amides is 2. The fourth-order valence-electron chi connectivity index (χ4n) is 4.21. The monoisotopic (exact) mass is 407 g/mol. The van der Waals surface area contributed by atoms with Crippen LogP contribution in [0.1, 0.15) is 30.9 Å². The first-order valence-electron chi connectivity index (χ1n) is 10.9. The molecule has 0 bridgehead atoms. The van der Waals surface area contributed by atoms with Crippen LogP contribution in [0.3, 0.4) is 0 Å². The Labute approximate surface area is 179 Å². The van der Waals surface area contributed by atoms with E-state index < -0.39 is 0 Å². The largest absolute Gasteiger partial charge is 0.370 e. The summed E-state index contributed by atoms with van der Waals surface area (Å²) in [5.74, 6) is -0.201. The molecule has 0 aromatic heterocycles. The summed E-state index contributed by atoms with van der Waals surface area (Å²) in [6, 6.07) is 16.9. The summed E-state index contributed by atoms with van der Waals surface area (Å²) in [5.41, 5.74) is 10.1. The molecule has 3 rings (SSSR count). The number of benzene rings is 2. The first kappa shape index (κ1) is 22.0. The van der Waals surface area contributed by atoms with Crippen molar-refractivity contribution in [1.82, 2.24) is 9.80 Å². The van der Waals surface area contributed by atoms with E-state index in [4.69, 9.17) is 5.73 Å². The van der Waals surface area contributed by atoms with Gasteiger partial charge in [-0.1, -0.05) is 61.0 Å². The number of rotatable bonds is 8. The van der Waals surface area contributed by atoms with Crippen LogP contribution in [0.4, 0.5) is 0 Å². The maximum atomic E-state index is 13.3. The third-order valence-electron chi connectivity index (χ3n) is 5.84. The van der Waals surface area contributed by atoms with Crippen LogP contribution in [0, 0.1) is 12.8 Å². The standard InChI is InChI=1S/C25H33N3O2/c1-3-13-28-16-15-27(14-12-24(26)29)18-22(25(28)30)17-21-6-4-5-7-23(21)20-10-8-19(2)9-11-20/h4-11,22H,3,12-18H2,1-2H3,(H2,26,29). The van der Waals surface area contributed by atoms with E-state index in [9.17, 15) is 9.59 Å². The van der Waals surface area contributed by atoms with Crippen molar-refractivity contribution in [2.45, 2.75) is 33.1 Å². The highest BCUT2D eigenvalue weighted by Gasteiger charge is 2.30. The van der Waals surface area contributed by atoms with Crippen molar-refractivity contribution in [3.05, 3.63) is 59.7 Å². The van der Waals surface area contributed by atoms with Gasteiger partial charge in [-0.2, -0.15) is 0 Å². The minimum absolute atomic E-state index is 0.126. The predicted molar refractivity (Wildman–Crippen MR) is 121 cm³/mol. The minimum Gasteiger partial charge on any atom is -0.370 e. The molecule has 2 aromatic carbocycles. The van der Waals surface area contributed by atoms with Crippen LogP contribution in [0.25, 0.3) is 11.1 Å². The lowest BCUT2D eigenvalue weighted by molar-refractivity contribution is -0.134. The van der Waals surface area contributed by atoms with Crippen LogP contribution < -0.4 is 5.73 Å². The van der Waals surface area contributed by atoms with E-state index in [-0.39, 0.29) is 17.7 Å². The van der Waals surface area contributed by atoms with Crippen LogP contribution in [0.15, 0.2) is 48.5 Å². The Morgan fingerprint density at radius 2 is 1.80 bits per heavy atom. The molecule has 2 N–H and O–H groups in total. The van der Waals surface area contributed by atoms with Crippen molar-refractivity contribution in [3.63, 3.8) is 0 Å². The summed E-state index contributed by atoms with van der Waals surface area (Å²) in [6.45, 7) is 7.73. The molecule has 0 aliphatic carbocycles. The third-order valence-corrected chi connectivity index (χ3v) is 5.84. The SMILES string of the molecule is CCCN1CCN(CCC(N)=O)CC(Cc2ccccc2-c2ccc(C)cc2)C1=O.